The summed E-state index contributed by atoms with van der Waals surface area (Å²) in [6, 6.07) is 5.65. The first-order valence-corrected chi connectivity index (χ1v) is 5.81. The Hall–Kier alpha value is -1.07. The lowest BCUT2D eigenvalue weighted by atomic mass is 10.3. The van der Waals surface area contributed by atoms with E-state index in [0.29, 0.717) is 11.6 Å². The van der Waals surface area contributed by atoms with E-state index in [1.54, 1.807) is 0 Å². The maximum absolute atomic E-state index is 6.06. The first-order chi connectivity index (χ1) is 7.66. The third-order valence-corrected chi connectivity index (χ3v) is 2.93. The van der Waals surface area contributed by atoms with Gasteiger partial charge in [-0.05, 0) is 25.1 Å². The molecule has 0 atom stereocenters. The number of hydrogen-bond acceptors (Lipinski definition) is 4. The molecule has 0 spiro atoms. The van der Waals surface area contributed by atoms with Crippen LogP contribution in [-0.4, -0.2) is 10.3 Å². The highest BCUT2D eigenvalue weighted by molar-refractivity contribution is 9.10. The summed E-state index contributed by atoms with van der Waals surface area (Å²) in [4.78, 5) is 0. The Balaban J connectivity index is 2.08. The number of rotatable bonds is 3. The van der Waals surface area contributed by atoms with Crippen LogP contribution in [-0.2, 0) is 6.54 Å². The molecule has 84 valence electrons. The SMILES string of the molecule is Cc1nonc1CNc1ccc(Br)cc1Cl. The van der Waals surface area contributed by atoms with Gasteiger partial charge in [0, 0.05) is 4.47 Å². The Morgan fingerprint density at radius 3 is 2.88 bits per heavy atom. The van der Waals surface area contributed by atoms with Gasteiger partial charge in [-0.2, -0.15) is 0 Å². The monoisotopic (exact) mass is 301 g/mol. The highest BCUT2D eigenvalue weighted by Gasteiger charge is 2.06. The molecule has 2 aromatic rings. The zero-order valence-corrected chi connectivity index (χ0v) is 10.8. The number of nitrogens with one attached hydrogen (secondary N) is 1. The van der Waals surface area contributed by atoms with Crippen LogP contribution in [0.15, 0.2) is 27.3 Å². The molecule has 16 heavy (non-hydrogen) atoms. The second kappa shape index (κ2) is 4.84. The minimum absolute atomic E-state index is 0.538. The van der Waals surface area contributed by atoms with Crippen LogP contribution in [0.2, 0.25) is 5.02 Å². The second-order valence-electron chi connectivity index (χ2n) is 3.27. The molecule has 1 aromatic carbocycles. The molecule has 6 heteroatoms. The molecule has 0 radical (unpaired) electrons. The maximum Gasteiger partial charge on any atom is 0.127 e. The van der Waals surface area contributed by atoms with Crippen molar-refractivity contribution in [2.75, 3.05) is 5.32 Å². The van der Waals surface area contributed by atoms with E-state index in [4.69, 9.17) is 11.6 Å². The van der Waals surface area contributed by atoms with E-state index in [1.807, 2.05) is 25.1 Å². The average Bonchev–Trinajstić information content (AvgIpc) is 2.63. The van der Waals surface area contributed by atoms with Crippen LogP contribution in [0.4, 0.5) is 5.69 Å². The standard InChI is InChI=1S/C10H9BrClN3O/c1-6-10(15-16-14-6)5-13-9-3-2-7(11)4-8(9)12/h2-4,13H,5H2,1H3. The zero-order chi connectivity index (χ0) is 11.5. The van der Waals surface area contributed by atoms with Gasteiger partial charge in [0.2, 0.25) is 0 Å². The molecule has 1 N–H and O–H groups in total. The van der Waals surface area contributed by atoms with Gasteiger partial charge in [-0.1, -0.05) is 37.8 Å². The summed E-state index contributed by atoms with van der Waals surface area (Å²) in [7, 11) is 0. The van der Waals surface area contributed by atoms with Gasteiger partial charge in [0.25, 0.3) is 0 Å². The lowest BCUT2D eigenvalue weighted by Gasteiger charge is -2.06. The van der Waals surface area contributed by atoms with Crippen LogP contribution in [0.5, 0.6) is 0 Å². The van der Waals surface area contributed by atoms with E-state index in [0.717, 1.165) is 21.5 Å². The molecule has 2 rings (SSSR count). The summed E-state index contributed by atoms with van der Waals surface area (Å²) >= 11 is 9.41. The summed E-state index contributed by atoms with van der Waals surface area (Å²) in [5.41, 5.74) is 2.41. The predicted molar refractivity (Wildman–Crippen MR) is 65.5 cm³/mol. The van der Waals surface area contributed by atoms with E-state index < -0.39 is 0 Å². The maximum atomic E-state index is 6.06. The molecular formula is C10H9BrClN3O. The summed E-state index contributed by atoms with van der Waals surface area (Å²) in [5, 5.41) is 11.3. The number of hydrogen-bond donors (Lipinski definition) is 1. The Morgan fingerprint density at radius 1 is 1.44 bits per heavy atom. The third kappa shape index (κ3) is 2.54. The van der Waals surface area contributed by atoms with E-state index in [2.05, 4.69) is 36.2 Å². The van der Waals surface area contributed by atoms with Crippen molar-refractivity contribution < 1.29 is 4.63 Å². The fourth-order valence-electron chi connectivity index (χ4n) is 1.22. The van der Waals surface area contributed by atoms with Crippen LogP contribution in [0.25, 0.3) is 0 Å². The van der Waals surface area contributed by atoms with Gasteiger partial charge < -0.3 is 5.32 Å². The van der Waals surface area contributed by atoms with Gasteiger partial charge in [-0.25, -0.2) is 4.63 Å². The van der Waals surface area contributed by atoms with Crippen molar-refractivity contribution in [3.63, 3.8) is 0 Å². The number of benzene rings is 1. The van der Waals surface area contributed by atoms with Gasteiger partial charge in [0.05, 0.1) is 17.3 Å². The molecular weight excluding hydrogens is 293 g/mol. The van der Waals surface area contributed by atoms with Gasteiger partial charge in [-0.3, -0.25) is 0 Å². The van der Waals surface area contributed by atoms with Gasteiger partial charge in [0.1, 0.15) is 11.4 Å². The number of halogens is 2. The predicted octanol–water partition coefficient (Wildman–Crippen LogP) is 3.41. The molecule has 4 nitrogen and oxygen atoms in total. The molecule has 0 aliphatic rings. The van der Waals surface area contributed by atoms with E-state index in [9.17, 15) is 0 Å². The molecule has 0 bridgehead atoms. The Labute approximate surface area is 106 Å². The number of anilines is 1. The number of nitrogens with zero attached hydrogens (tertiary/aromatic N) is 2. The summed E-state index contributed by atoms with van der Waals surface area (Å²) in [6.45, 7) is 2.38. The number of aromatic nitrogens is 2. The van der Waals surface area contributed by atoms with Gasteiger partial charge >= 0.3 is 0 Å². The van der Waals surface area contributed by atoms with E-state index in [-0.39, 0.29) is 0 Å². The van der Waals surface area contributed by atoms with Crippen molar-refractivity contribution in [1.82, 2.24) is 10.3 Å². The van der Waals surface area contributed by atoms with Crippen LogP contribution < -0.4 is 5.32 Å². The molecule has 0 aliphatic carbocycles. The minimum atomic E-state index is 0.538. The first kappa shape index (κ1) is 11.4. The fourth-order valence-corrected chi connectivity index (χ4v) is 1.96. The molecule has 0 saturated carbocycles. The minimum Gasteiger partial charge on any atom is -0.378 e. The first-order valence-electron chi connectivity index (χ1n) is 4.64. The molecule has 0 fully saturated rings. The highest BCUT2D eigenvalue weighted by atomic mass is 79.9. The quantitative estimate of drug-likeness (QED) is 0.944. The molecule has 0 unspecified atom stereocenters. The highest BCUT2D eigenvalue weighted by Crippen LogP contribution is 2.25. The summed E-state index contributed by atoms with van der Waals surface area (Å²) in [5.74, 6) is 0. The van der Waals surface area contributed by atoms with Crippen molar-refractivity contribution in [1.29, 1.82) is 0 Å². The van der Waals surface area contributed by atoms with Crippen molar-refractivity contribution in [3.05, 3.63) is 39.1 Å². The average molecular weight is 303 g/mol. The molecule has 1 aromatic heterocycles. The smallest absolute Gasteiger partial charge is 0.127 e. The normalized spacial score (nSPS) is 10.4. The zero-order valence-electron chi connectivity index (χ0n) is 8.50. The van der Waals surface area contributed by atoms with Crippen LogP contribution in [0.1, 0.15) is 11.4 Å². The van der Waals surface area contributed by atoms with E-state index in [1.165, 1.54) is 0 Å². The van der Waals surface area contributed by atoms with Crippen LogP contribution in [0.3, 0.4) is 0 Å². The van der Waals surface area contributed by atoms with Crippen molar-refractivity contribution in [2.24, 2.45) is 0 Å². The lowest BCUT2D eigenvalue weighted by Crippen LogP contribution is -2.01. The second-order valence-corrected chi connectivity index (χ2v) is 4.60. The molecule has 0 amide bonds. The number of aryl methyl sites for hydroxylation is 1. The fraction of sp³-hybridized carbons (Fsp3) is 0.200. The Morgan fingerprint density at radius 2 is 2.25 bits per heavy atom. The largest absolute Gasteiger partial charge is 0.378 e. The van der Waals surface area contributed by atoms with E-state index >= 15 is 0 Å². The summed E-state index contributed by atoms with van der Waals surface area (Å²) < 4.78 is 5.55. The molecule has 0 aliphatic heterocycles. The summed E-state index contributed by atoms with van der Waals surface area (Å²) in [6.07, 6.45) is 0. The lowest BCUT2D eigenvalue weighted by molar-refractivity contribution is 0.301. The van der Waals surface area contributed by atoms with Gasteiger partial charge in [-0.15, -0.1) is 0 Å². The van der Waals surface area contributed by atoms with Gasteiger partial charge in [0.15, 0.2) is 0 Å². The Kier molecular flexibility index (Phi) is 3.46. The third-order valence-electron chi connectivity index (χ3n) is 2.12. The Bertz CT molecular complexity index is 501. The molecule has 0 saturated heterocycles. The van der Waals surface area contributed by atoms with Crippen molar-refractivity contribution in [2.45, 2.75) is 13.5 Å². The molecule has 1 heterocycles. The topological polar surface area (TPSA) is 51.0 Å². The van der Waals surface area contributed by atoms with Crippen molar-refractivity contribution >= 4 is 33.2 Å². The van der Waals surface area contributed by atoms with Crippen LogP contribution >= 0.6 is 27.5 Å². The van der Waals surface area contributed by atoms with Crippen molar-refractivity contribution in [3.8, 4) is 0 Å². The van der Waals surface area contributed by atoms with Crippen LogP contribution in [0, 0.1) is 6.92 Å².